The highest BCUT2D eigenvalue weighted by atomic mass is 16.4. The standard InChI is InChI=1S/C12H14N2O3/c1-8(15)4-5-14-7-13-10-6-9(12(16)17)2-3-11(10)14/h2-3,6-8,15H,4-5H2,1H3,(H,16,17). The third-order valence-electron chi connectivity index (χ3n) is 2.66. The van der Waals surface area contributed by atoms with Crippen molar-refractivity contribution in [3.05, 3.63) is 30.1 Å². The smallest absolute Gasteiger partial charge is 0.335 e. The molecule has 1 atom stereocenters. The predicted molar refractivity (Wildman–Crippen MR) is 63.0 cm³/mol. The number of rotatable bonds is 4. The predicted octanol–water partition coefficient (Wildman–Crippen LogP) is 1.51. The quantitative estimate of drug-likeness (QED) is 0.840. The summed E-state index contributed by atoms with van der Waals surface area (Å²) in [5.41, 5.74) is 1.78. The summed E-state index contributed by atoms with van der Waals surface area (Å²) in [6, 6.07) is 4.86. The summed E-state index contributed by atoms with van der Waals surface area (Å²) in [7, 11) is 0. The molecule has 17 heavy (non-hydrogen) atoms. The highest BCUT2D eigenvalue weighted by molar-refractivity contribution is 5.92. The second-order valence-corrected chi connectivity index (χ2v) is 4.08. The molecule has 1 aromatic carbocycles. The van der Waals surface area contributed by atoms with Gasteiger partial charge in [0.05, 0.1) is 29.0 Å². The van der Waals surface area contributed by atoms with E-state index in [2.05, 4.69) is 4.98 Å². The molecule has 0 aliphatic rings. The van der Waals surface area contributed by atoms with Crippen LogP contribution < -0.4 is 0 Å². The lowest BCUT2D eigenvalue weighted by Gasteiger charge is -2.06. The second-order valence-electron chi connectivity index (χ2n) is 4.08. The van der Waals surface area contributed by atoms with Crippen LogP contribution in [0.15, 0.2) is 24.5 Å². The Morgan fingerprint density at radius 3 is 2.94 bits per heavy atom. The number of carboxylic acids is 1. The fraction of sp³-hybridized carbons (Fsp3) is 0.333. The van der Waals surface area contributed by atoms with Crippen LogP contribution in [-0.4, -0.2) is 31.8 Å². The highest BCUT2D eigenvalue weighted by Crippen LogP contribution is 2.15. The van der Waals surface area contributed by atoms with E-state index in [1.165, 1.54) is 0 Å². The van der Waals surface area contributed by atoms with Crippen molar-refractivity contribution in [1.29, 1.82) is 0 Å². The van der Waals surface area contributed by atoms with Gasteiger partial charge >= 0.3 is 5.97 Å². The first-order chi connectivity index (χ1) is 8.08. The number of aryl methyl sites for hydroxylation is 1. The zero-order valence-electron chi connectivity index (χ0n) is 9.50. The molecule has 0 aliphatic carbocycles. The molecule has 1 heterocycles. The van der Waals surface area contributed by atoms with Gasteiger partial charge in [-0.1, -0.05) is 0 Å². The highest BCUT2D eigenvalue weighted by Gasteiger charge is 2.08. The number of carbonyl (C=O) groups is 1. The molecule has 2 rings (SSSR count). The van der Waals surface area contributed by atoms with Crippen LogP contribution in [0.5, 0.6) is 0 Å². The molecule has 0 radical (unpaired) electrons. The monoisotopic (exact) mass is 234 g/mol. The van der Waals surface area contributed by atoms with Crippen molar-refractivity contribution in [2.24, 2.45) is 0 Å². The van der Waals surface area contributed by atoms with E-state index < -0.39 is 5.97 Å². The lowest BCUT2D eigenvalue weighted by atomic mass is 10.2. The number of aliphatic hydroxyl groups excluding tert-OH is 1. The van der Waals surface area contributed by atoms with Gasteiger partial charge in [-0.15, -0.1) is 0 Å². The molecule has 1 aromatic heterocycles. The summed E-state index contributed by atoms with van der Waals surface area (Å²) >= 11 is 0. The number of fused-ring (bicyclic) bond motifs is 1. The van der Waals surface area contributed by atoms with Gasteiger partial charge in [-0.2, -0.15) is 0 Å². The molecule has 0 amide bonds. The van der Waals surface area contributed by atoms with Crippen LogP contribution in [0.4, 0.5) is 0 Å². The Morgan fingerprint density at radius 1 is 1.53 bits per heavy atom. The lowest BCUT2D eigenvalue weighted by Crippen LogP contribution is -2.06. The first kappa shape index (κ1) is 11.6. The maximum atomic E-state index is 10.8. The number of aromatic nitrogens is 2. The van der Waals surface area contributed by atoms with Crippen molar-refractivity contribution < 1.29 is 15.0 Å². The van der Waals surface area contributed by atoms with Crippen LogP contribution in [0.25, 0.3) is 11.0 Å². The first-order valence-corrected chi connectivity index (χ1v) is 5.44. The van der Waals surface area contributed by atoms with Gasteiger partial charge in [0.25, 0.3) is 0 Å². The summed E-state index contributed by atoms with van der Waals surface area (Å²) in [6.07, 6.45) is 1.95. The molecule has 0 fully saturated rings. The van der Waals surface area contributed by atoms with E-state index in [0.29, 0.717) is 18.5 Å². The minimum atomic E-state index is -0.953. The van der Waals surface area contributed by atoms with Crippen molar-refractivity contribution in [1.82, 2.24) is 9.55 Å². The number of hydrogen-bond acceptors (Lipinski definition) is 3. The fourth-order valence-corrected chi connectivity index (χ4v) is 1.70. The SMILES string of the molecule is CC(O)CCn1cnc2cc(C(=O)O)ccc21. The van der Waals surface area contributed by atoms with Crippen LogP contribution in [0.1, 0.15) is 23.7 Å². The molecular formula is C12H14N2O3. The van der Waals surface area contributed by atoms with Gasteiger partial charge in [0.15, 0.2) is 0 Å². The molecule has 0 bridgehead atoms. The number of aliphatic hydroxyl groups is 1. The third-order valence-corrected chi connectivity index (χ3v) is 2.66. The molecule has 0 aliphatic heterocycles. The van der Waals surface area contributed by atoms with Gasteiger partial charge < -0.3 is 14.8 Å². The van der Waals surface area contributed by atoms with Crippen molar-refractivity contribution in [2.45, 2.75) is 26.0 Å². The number of nitrogens with zero attached hydrogens (tertiary/aromatic N) is 2. The number of benzene rings is 1. The second kappa shape index (κ2) is 4.55. The number of imidazole rings is 1. The van der Waals surface area contributed by atoms with Gasteiger partial charge in [0, 0.05) is 6.54 Å². The fourth-order valence-electron chi connectivity index (χ4n) is 1.70. The molecule has 2 N–H and O–H groups in total. The van der Waals surface area contributed by atoms with Crippen LogP contribution in [0.2, 0.25) is 0 Å². The maximum Gasteiger partial charge on any atom is 0.335 e. The van der Waals surface area contributed by atoms with Gasteiger partial charge in [-0.25, -0.2) is 9.78 Å². The maximum absolute atomic E-state index is 10.8. The zero-order chi connectivity index (χ0) is 12.4. The Kier molecular flexibility index (Phi) is 3.10. The van der Waals surface area contributed by atoms with E-state index in [4.69, 9.17) is 5.11 Å². The van der Waals surface area contributed by atoms with E-state index in [1.54, 1.807) is 31.5 Å². The largest absolute Gasteiger partial charge is 0.478 e. The average Bonchev–Trinajstić information content (AvgIpc) is 2.68. The molecular weight excluding hydrogens is 220 g/mol. The summed E-state index contributed by atoms with van der Waals surface area (Å²) < 4.78 is 1.91. The van der Waals surface area contributed by atoms with Gasteiger partial charge in [-0.3, -0.25) is 0 Å². The van der Waals surface area contributed by atoms with Crippen LogP contribution >= 0.6 is 0 Å². The number of aromatic carboxylic acids is 1. The Labute approximate surface area is 98.3 Å². The molecule has 0 saturated heterocycles. The van der Waals surface area contributed by atoms with E-state index >= 15 is 0 Å². The zero-order valence-corrected chi connectivity index (χ0v) is 9.50. The van der Waals surface area contributed by atoms with Crippen molar-refractivity contribution in [3.8, 4) is 0 Å². The Balaban J connectivity index is 2.31. The van der Waals surface area contributed by atoms with Crippen molar-refractivity contribution in [3.63, 3.8) is 0 Å². The minimum Gasteiger partial charge on any atom is -0.478 e. The van der Waals surface area contributed by atoms with Gasteiger partial charge in [0.1, 0.15) is 0 Å². The topological polar surface area (TPSA) is 75.3 Å². The molecule has 0 saturated carbocycles. The van der Waals surface area contributed by atoms with Gasteiger partial charge in [-0.05, 0) is 31.5 Å². The Hall–Kier alpha value is -1.88. The van der Waals surface area contributed by atoms with Gasteiger partial charge in [0.2, 0.25) is 0 Å². The van der Waals surface area contributed by atoms with Crippen LogP contribution in [-0.2, 0) is 6.54 Å². The average molecular weight is 234 g/mol. The lowest BCUT2D eigenvalue weighted by molar-refractivity contribution is 0.0697. The third kappa shape index (κ3) is 2.45. The van der Waals surface area contributed by atoms with E-state index in [0.717, 1.165) is 5.52 Å². The summed E-state index contributed by atoms with van der Waals surface area (Å²) in [5.74, 6) is -0.953. The molecule has 5 nitrogen and oxygen atoms in total. The van der Waals surface area contributed by atoms with Crippen LogP contribution in [0.3, 0.4) is 0 Å². The minimum absolute atomic E-state index is 0.235. The normalized spacial score (nSPS) is 12.8. The number of carboxylic acid groups (broad SMARTS) is 1. The van der Waals surface area contributed by atoms with Crippen molar-refractivity contribution >= 4 is 17.0 Å². The van der Waals surface area contributed by atoms with Crippen molar-refractivity contribution in [2.75, 3.05) is 0 Å². The summed E-state index contributed by atoms with van der Waals surface area (Å²) in [4.78, 5) is 15.0. The molecule has 0 spiro atoms. The molecule has 2 aromatic rings. The number of hydrogen-bond donors (Lipinski definition) is 2. The Bertz CT molecular complexity index is 546. The van der Waals surface area contributed by atoms with E-state index in [1.807, 2.05) is 4.57 Å². The first-order valence-electron chi connectivity index (χ1n) is 5.44. The Morgan fingerprint density at radius 2 is 2.29 bits per heavy atom. The van der Waals surface area contributed by atoms with E-state index in [-0.39, 0.29) is 11.7 Å². The molecule has 1 unspecified atom stereocenters. The summed E-state index contributed by atoms with van der Waals surface area (Å²) in [6.45, 7) is 2.40. The van der Waals surface area contributed by atoms with E-state index in [9.17, 15) is 9.90 Å². The summed E-state index contributed by atoms with van der Waals surface area (Å²) in [5, 5.41) is 18.1. The van der Waals surface area contributed by atoms with Crippen LogP contribution in [0, 0.1) is 0 Å². The molecule has 90 valence electrons. The molecule has 5 heteroatoms.